The van der Waals surface area contributed by atoms with Gasteiger partial charge in [-0.2, -0.15) is 0 Å². The molecule has 0 aromatic heterocycles. The van der Waals surface area contributed by atoms with Crippen LogP contribution in [0.2, 0.25) is 0 Å². The van der Waals surface area contributed by atoms with Gasteiger partial charge in [0.25, 0.3) is 0 Å². The first-order chi connectivity index (χ1) is 10.2. The monoisotopic (exact) mass is 310 g/mol. The van der Waals surface area contributed by atoms with E-state index in [-0.39, 0.29) is 11.9 Å². The molecule has 0 aliphatic carbocycles. The maximum absolute atomic E-state index is 13.7. The number of hydrogen-bond acceptors (Lipinski definition) is 3. The van der Waals surface area contributed by atoms with Gasteiger partial charge in [0.15, 0.2) is 0 Å². The molecule has 4 nitrogen and oxygen atoms in total. The van der Waals surface area contributed by atoms with Gasteiger partial charge in [-0.1, -0.05) is 24.6 Å². The average molecular weight is 310 g/mol. The van der Waals surface area contributed by atoms with Crippen LogP contribution in [0, 0.1) is 12.7 Å². The minimum Gasteiger partial charge on any atom is -0.444 e. The van der Waals surface area contributed by atoms with Crippen LogP contribution in [-0.2, 0) is 11.3 Å². The Bertz CT molecular complexity index is 498. The zero-order chi connectivity index (χ0) is 16.8. The van der Waals surface area contributed by atoms with Gasteiger partial charge in [0.05, 0.1) is 0 Å². The minimum atomic E-state index is -0.510. The summed E-state index contributed by atoms with van der Waals surface area (Å²) >= 11 is 0. The molecule has 1 rings (SSSR count). The smallest absolute Gasteiger partial charge is 0.407 e. The number of halogens is 1. The molecule has 0 saturated heterocycles. The first-order valence-electron chi connectivity index (χ1n) is 7.66. The standard InChI is InChI=1S/C17H27FN2O2/c1-6-14(11-20-16(21)22-17(3,4)5)19-10-13-9-12(2)7-8-15(13)18/h7-9,14,19H,6,10-11H2,1-5H3,(H,20,21). The van der Waals surface area contributed by atoms with Crippen molar-refractivity contribution < 1.29 is 13.9 Å². The van der Waals surface area contributed by atoms with Crippen molar-refractivity contribution in [2.45, 2.75) is 59.2 Å². The molecule has 1 atom stereocenters. The van der Waals surface area contributed by atoms with Crippen molar-refractivity contribution in [1.29, 1.82) is 0 Å². The molecule has 5 heteroatoms. The minimum absolute atomic E-state index is 0.0624. The Labute approximate surface area is 132 Å². The summed E-state index contributed by atoms with van der Waals surface area (Å²) in [7, 11) is 0. The lowest BCUT2D eigenvalue weighted by Gasteiger charge is -2.22. The van der Waals surface area contributed by atoms with Gasteiger partial charge in [0.1, 0.15) is 11.4 Å². The number of carbonyl (C=O) groups is 1. The second-order valence-electron chi connectivity index (χ2n) is 6.46. The summed E-state index contributed by atoms with van der Waals surface area (Å²) in [6, 6.07) is 5.12. The number of aryl methyl sites for hydroxylation is 1. The van der Waals surface area contributed by atoms with Gasteiger partial charge in [-0.05, 0) is 40.2 Å². The fourth-order valence-corrected chi connectivity index (χ4v) is 1.97. The van der Waals surface area contributed by atoms with Crippen molar-refractivity contribution >= 4 is 6.09 Å². The molecule has 0 saturated carbocycles. The Morgan fingerprint density at radius 3 is 2.64 bits per heavy atom. The quantitative estimate of drug-likeness (QED) is 0.845. The van der Waals surface area contributed by atoms with E-state index >= 15 is 0 Å². The molecule has 1 aromatic carbocycles. The molecule has 1 unspecified atom stereocenters. The van der Waals surface area contributed by atoms with E-state index in [4.69, 9.17) is 4.74 Å². The molecule has 0 spiro atoms. The summed E-state index contributed by atoms with van der Waals surface area (Å²) in [6.45, 7) is 10.3. The largest absolute Gasteiger partial charge is 0.444 e. The number of ether oxygens (including phenoxy) is 1. The number of benzene rings is 1. The molecule has 0 aliphatic rings. The van der Waals surface area contributed by atoms with Crippen LogP contribution >= 0.6 is 0 Å². The molecule has 0 radical (unpaired) electrons. The summed E-state index contributed by atoms with van der Waals surface area (Å²) in [5, 5.41) is 6.00. The van der Waals surface area contributed by atoms with Crippen molar-refractivity contribution in [3.63, 3.8) is 0 Å². The Morgan fingerprint density at radius 1 is 1.36 bits per heavy atom. The van der Waals surface area contributed by atoms with Gasteiger partial charge in [-0.3, -0.25) is 0 Å². The van der Waals surface area contributed by atoms with E-state index in [1.165, 1.54) is 6.07 Å². The fourth-order valence-electron chi connectivity index (χ4n) is 1.97. The third-order valence-electron chi connectivity index (χ3n) is 3.17. The van der Waals surface area contributed by atoms with Crippen molar-refractivity contribution in [2.75, 3.05) is 6.54 Å². The zero-order valence-corrected chi connectivity index (χ0v) is 14.1. The van der Waals surface area contributed by atoms with Crippen molar-refractivity contribution in [3.05, 3.63) is 35.1 Å². The SMILES string of the molecule is CCC(CNC(=O)OC(C)(C)C)NCc1cc(C)ccc1F. The topological polar surface area (TPSA) is 50.4 Å². The molecular weight excluding hydrogens is 283 g/mol. The lowest BCUT2D eigenvalue weighted by Crippen LogP contribution is -2.42. The van der Waals surface area contributed by atoms with Crippen LogP contribution in [0.25, 0.3) is 0 Å². The highest BCUT2D eigenvalue weighted by molar-refractivity contribution is 5.67. The van der Waals surface area contributed by atoms with E-state index in [2.05, 4.69) is 10.6 Å². The highest BCUT2D eigenvalue weighted by Gasteiger charge is 2.17. The van der Waals surface area contributed by atoms with Crippen LogP contribution in [0.5, 0.6) is 0 Å². The molecular formula is C17H27FN2O2. The molecule has 2 N–H and O–H groups in total. The Kier molecular flexibility index (Phi) is 6.81. The Balaban J connectivity index is 2.45. The summed E-state index contributed by atoms with van der Waals surface area (Å²) < 4.78 is 18.9. The molecule has 1 aromatic rings. The van der Waals surface area contributed by atoms with Gasteiger partial charge in [0.2, 0.25) is 0 Å². The lowest BCUT2D eigenvalue weighted by molar-refractivity contribution is 0.0522. The Hall–Kier alpha value is -1.62. The van der Waals surface area contributed by atoms with E-state index in [1.54, 1.807) is 6.07 Å². The van der Waals surface area contributed by atoms with Crippen molar-refractivity contribution in [2.24, 2.45) is 0 Å². The first kappa shape index (κ1) is 18.4. The molecule has 0 heterocycles. The maximum Gasteiger partial charge on any atom is 0.407 e. The molecule has 0 bridgehead atoms. The highest BCUT2D eigenvalue weighted by atomic mass is 19.1. The first-order valence-corrected chi connectivity index (χ1v) is 7.66. The van der Waals surface area contributed by atoms with E-state index in [9.17, 15) is 9.18 Å². The molecule has 0 aliphatic heterocycles. The number of nitrogens with one attached hydrogen (secondary N) is 2. The number of rotatable bonds is 6. The van der Waals surface area contributed by atoms with E-state index in [0.717, 1.165) is 12.0 Å². The van der Waals surface area contributed by atoms with Crippen LogP contribution in [0.1, 0.15) is 45.2 Å². The normalized spacial score (nSPS) is 12.8. The number of amides is 1. The lowest BCUT2D eigenvalue weighted by atomic mass is 10.1. The van der Waals surface area contributed by atoms with Crippen molar-refractivity contribution in [3.8, 4) is 0 Å². The second kappa shape index (κ2) is 8.13. The van der Waals surface area contributed by atoms with E-state index in [0.29, 0.717) is 18.7 Å². The van der Waals surface area contributed by atoms with Crippen LogP contribution in [-0.4, -0.2) is 24.3 Å². The number of carbonyl (C=O) groups excluding carboxylic acids is 1. The average Bonchev–Trinajstić information content (AvgIpc) is 2.40. The predicted molar refractivity (Wildman–Crippen MR) is 86.3 cm³/mol. The summed E-state index contributed by atoms with van der Waals surface area (Å²) in [5.41, 5.74) is 1.15. The molecule has 1 amide bonds. The van der Waals surface area contributed by atoms with Gasteiger partial charge in [-0.15, -0.1) is 0 Å². The van der Waals surface area contributed by atoms with Gasteiger partial charge < -0.3 is 15.4 Å². The highest BCUT2D eigenvalue weighted by Crippen LogP contribution is 2.10. The van der Waals surface area contributed by atoms with Gasteiger partial charge >= 0.3 is 6.09 Å². The Morgan fingerprint density at radius 2 is 2.05 bits per heavy atom. The number of alkyl carbamates (subject to hydrolysis) is 1. The second-order valence-corrected chi connectivity index (χ2v) is 6.46. The summed E-state index contributed by atoms with van der Waals surface area (Å²) in [4.78, 5) is 11.6. The van der Waals surface area contributed by atoms with E-state index in [1.807, 2.05) is 40.7 Å². The van der Waals surface area contributed by atoms with E-state index < -0.39 is 11.7 Å². The third-order valence-corrected chi connectivity index (χ3v) is 3.17. The van der Waals surface area contributed by atoms with Crippen LogP contribution in [0.15, 0.2) is 18.2 Å². The van der Waals surface area contributed by atoms with Gasteiger partial charge in [0, 0.05) is 24.7 Å². The van der Waals surface area contributed by atoms with Crippen LogP contribution in [0.4, 0.5) is 9.18 Å². The van der Waals surface area contributed by atoms with Crippen LogP contribution < -0.4 is 10.6 Å². The number of hydrogen-bond donors (Lipinski definition) is 2. The van der Waals surface area contributed by atoms with Crippen LogP contribution in [0.3, 0.4) is 0 Å². The molecule has 124 valence electrons. The molecule has 0 fully saturated rings. The fraction of sp³-hybridized carbons (Fsp3) is 0.588. The third kappa shape index (κ3) is 6.89. The predicted octanol–water partition coefficient (Wildman–Crippen LogP) is 3.53. The van der Waals surface area contributed by atoms with Gasteiger partial charge in [-0.25, -0.2) is 9.18 Å². The van der Waals surface area contributed by atoms with Crippen molar-refractivity contribution in [1.82, 2.24) is 10.6 Å². The molecule has 22 heavy (non-hydrogen) atoms. The summed E-state index contributed by atoms with van der Waals surface area (Å²) in [6.07, 6.45) is 0.387. The maximum atomic E-state index is 13.7. The zero-order valence-electron chi connectivity index (χ0n) is 14.1. The summed E-state index contributed by atoms with van der Waals surface area (Å²) in [5.74, 6) is -0.215.